The summed E-state index contributed by atoms with van der Waals surface area (Å²) in [6, 6.07) is 0. The van der Waals surface area contributed by atoms with Gasteiger partial charge < -0.3 is 15.3 Å². The molecule has 0 saturated heterocycles. The van der Waals surface area contributed by atoms with Crippen LogP contribution in [0.4, 0.5) is 0 Å². The van der Waals surface area contributed by atoms with Crippen LogP contribution in [0.5, 0.6) is 0 Å². The molecule has 4 unspecified atom stereocenters. The molecule has 0 heterocycles. The molecule has 172 valence electrons. The van der Waals surface area contributed by atoms with Crippen LogP contribution in [-0.2, 0) is 4.79 Å². The van der Waals surface area contributed by atoms with Gasteiger partial charge in [-0.2, -0.15) is 0 Å². The summed E-state index contributed by atoms with van der Waals surface area (Å²) in [4.78, 5) is 11.1. The van der Waals surface area contributed by atoms with Crippen molar-refractivity contribution in [1.29, 1.82) is 0 Å². The van der Waals surface area contributed by atoms with Crippen molar-refractivity contribution in [2.75, 3.05) is 0 Å². The largest absolute Gasteiger partial charge is 0.481 e. The fraction of sp³-hybridized carbons (Fsp3) is 0.962. The average molecular weight is 421 g/mol. The minimum absolute atomic E-state index is 0.194. The Kier molecular flexibility index (Phi) is 6.07. The zero-order valence-electron chi connectivity index (χ0n) is 19.5. The van der Waals surface area contributed by atoms with Gasteiger partial charge in [0.2, 0.25) is 0 Å². The van der Waals surface area contributed by atoms with Crippen molar-refractivity contribution < 1.29 is 20.1 Å². The second-order valence-corrected chi connectivity index (χ2v) is 12.0. The van der Waals surface area contributed by atoms with Gasteiger partial charge in [0, 0.05) is 6.42 Å². The van der Waals surface area contributed by atoms with E-state index in [0.717, 1.165) is 32.1 Å². The number of hydrogen-bond donors (Lipinski definition) is 3. The summed E-state index contributed by atoms with van der Waals surface area (Å²) in [7, 11) is 0. The number of aliphatic hydroxyl groups is 2. The number of rotatable bonds is 5. The predicted octanol–water partition coefficient (Wildman–Crippen LogP) is 5.11. The Bertz CT molecular complexity index is 649. The van der Waals surface area contributed by atoms with Crippen LogP contribution in [0.2, 0.25) is 0 Å². The van der Waals surface area contributed by atoms with Crippen molar-refractivity contribution in [3.63, 3.8) is 0 Å². The quantitative estimate of drug-likeness (QED) is 0.577. The van der Waals surface area contributed by atoms with Gasteiger partial charge in [0.05, 0.1) is 12.2 Å². The van der Waals surface area contributed by atoms with Crippen molar-refractivity contribution in [1.82, 2.24) is 0 Å². The Labute approximate surface area is 182 Å². The molecule has 0 aromatic rings. The molecule has 30 heavy (non-hydrogen) atoms. The maximum Gasteiger partial charge on any atom is 0.303 e. The first-order valence-corrected chi connectivity index (χ1v) is 12.7. The van der Waals surface area contributed by atoms with Gasteiger partial charge in [-0.3, -0.25) is 4.79 Å². The smallest absolute Gasteiger partial charge is 0.303 e. The lowest BCUT2D eigenvalue weighted by molar-refractivity contribution is -0.203. The van der Waals surface area contributed by atoms with Gasteiger partial charge in [0.1, 0.15) is 0 Å². The van der Waals surface area contributed by atoms with E-state index >= 15 is 0 Å². The number of carboxylic acid groups (broad SMARTS) is 1. The lowest BCUT2D eigenvalue weighted by atomic mass is 9.41. The molecule has 4 saturated carbocycles. The number of carbonyl (C=O) groups is 1. The number of fused-ring (bicyclic) bond motifs is 5. The van der Waals surface area contributed by atoms with Gasteiger partial charge in [-0.25, -0.2) is 0 Å². The second kappa shape index (κ2) is 8.06. The van der Waals surface area contributed by atoms with E-state index in [1.54, 1.807) is 0 Å². The minimum Gasteiger partial charge on any atom is -0.481 e. The van der Waals surface area contributed by atoms with E-state index in [9.17, 15) is 15.0 Å². The van der Waals surface area contributed by atoms with Gasteiger partial charge in [-0.05, 0) is 104 Å². The molecule has 4 aliphatic rings. The Morgan fingerprint density at radius 1 is 1.00 bits per heavy atom. The van der Waals surface area contributed by atoms with E-state index in [1.807, 2.05) is 0 Å². The number of hydrogen-bond acceptors (Lipinski definition) is 3. The SMILES string of the molecule is CC[C@@H]1C2C[C@H](O)CCC2(C)[C@H]2CCC3(C)[C@@H]([C@H](C)CCC(=O)O)CC[C@H]3C2[C@@H]1O. The molecule has 4 aliphatic carbocycles. The molecule has 11 atom stereocenters. The van der Waals surface area contributed by atoms with Gasteiger partial charge in [-0.15, -0.1) is 0 Å². The van der Waals surface area contributed by atoms with E-state index < -0.39 is 5.97 Å². The van der Waals surface area contributed by atoms with E-state index in [1.165, 1.54) is 25.7 Å². The summed E-state index contributed by atoms with van der Waals surface area (Å²) in [6.07, 6.45) is 9.27. The molecule has 0 radical (unpaired) electrons. The third-order valence-corrected chi connectivity index (χ3v) is 11.0. The van der Waals surface area contributed by atoms with Crippen LogP contribution in [-0.4, -0.2) is 33.5 Å². The zero-order chi connectivity index (χ0) is 21.8. The summed E-state index contributed by atoms with van der Waals surface area (Å²) in [5, 5.41) is 31.3. The summed E-state index contributed by atoms with van der Waals surface area (Å²) < 4.78 is 0. The first-order chi connectivity index (χ1) is 14.1. The maximum absolute atomic E-state index is 11.7. The van der Waals surface area contributed by atoms with Crippen molar-refractivity contribution >= 4 is 5.97 Å². The highest BCUT2D eigenvalue weighted by Crippen LogP contribution is 2.69. The van der Waals surface area contributed by atoms with Gasteiger partial charge in [0.15, 0.2) is 0 Å². The molecule has 4 heteroatoms. The first-order valence-electron chi connectivity index (χ1n) is 12.7. The topological polar surface area (TPSA) is 77.8 Å². The molecule has 0 bridgehead atoms. The third kappa shape index (κ3) is 3.36. The lowest BCUT2D eigenvalue weighted by Gasteiger charge is -2.64. The molecule has 4 rings (SSSR count). The van der Waals surface area contributed by atoms with Crippen LogP contribution in [0.15, 0.2) is 0 Å². The molecule has 4 nitrogen and oxygen atoms in total. The molecule has 0 aromatic heterocycles. The molecular weight excluding hydrogens is 376 g/mol. The second-order valence-electron chi connectivity index (χ2n) is 12.0. The fourth-order valence-corrected chi connectivity index (χ4v) is 9.48. The third-order valence-electron chi connectivity index (χ3n) is 11.0. The van der Waals surface area contributed by atoms with Gasteiger partial charge in [-0.1, -0.05) is 34.1 Å². The van der Waals surface area contributed by atoms with Crippen LogP contribution in [0.25, 0.3) is 0 Å². The molecule has 3 N–H and O–H groups in total. The van der Waals surface area contributed by atoms with Crippen LogP contribution in [0.3, 0.4) is 0 Å². The van der Waals surface area contributed by atoms with E-state index in [4.69, 9.17) is 5.11 Å². The highest BCUT2D eigenvalue weighted by Gasteiger charge is 2.64. The summed E-state index contributed by atoms with van der Waals surface area (Å²) in [5.74, 6) is 2.58. The monoisotopic (exact) mass is 420 g/mol. The maximum atomic E-state index is 11.7. The minimum atomic E-state index is -0.683. The van der Waals surface area contributed by atoms with Crippen molar-refractivity contribution in [2.45, 2.75) is 104 Å². The predicted molar refractivity (Wildman–Crippen MR) is 118 cm³/mol. The highest BCUT2D eigenvalue weighted by molar-refractivity contribution is 5.66. The molecule has 0 aliphatic heterocycles. The highest BCUT2D eigenvalue weighted by atomic mass is 16.4. The Hall–Kier alpha value is -0.610. The Balaban J connectivity index is 1.61. The number of carboxylic acids is 1. The summed E-state index contributed by atoms with van der Waals surface area (Å²) in [5.41, 5.74) is 0.480. The van der Waals surface area contributed by atoms with Crippen LogP contribution >= 0.6 is 0 Å². The van der Waals surface area contributed by atoms with Gasteiger partial charge >= 0.3 is 5.97 Å². The van der Waals surface area contributed by atoms with E-state index in [0.29, 0.717) is 41.4 Å². The van der Waals surface area contributed by atoms with E-state index in [2.05, 4.69) is 27.7 Å². The molecule has 0 amide bonds. The van der Waals surface area contributed by atoms with Gasteiger partial charge in [0.25, 0.3) is 0 Å². The standard InChI is InChI=1S/C26H44O4/c1-5-17-21-14-16(27)10-12-26(21,4)20-11-13-25(3)18(15(2)6-9-22(28)29)7-8-19(25)23(20)24(17)30/h15-21,23-24,27,30H,5-14H2,1-4H3,(H,28,29)/t15-,16-,17-,18-,19+,20+,21?,23?,24-,25?,26?/m1/s1. The molecule has 0 spiro atoms. The summed E-state index contributed by atoms with van der Waals surface area (Å²) in [6.45, 7) is 9.44. The first kappa shape index (κ1) is 22.6. The van der Waals surface area contributed by atoms with Crippen LogP contribution < -0.4 is 0 Å². The number of aliphatic carboxylic acids is 1. The van der Waals surface area contributed by atoms with E-state index in [-0.39, 0.29) is 29.5 Å². The van der Waals surface area contributed by atoms with Crippen LogP contribution in [0, 0.1) is 52.3 Å². The summed E-state index contributed by atoms with van der Waals surface area (Å²) >= 11 is 0. The number of aliphatic hydroxyl groups excluding tert-OH is 2. The van der Waals surface area contributed by atoms with Crippen LogP contribution in [0.1, 0.15) is 91.9 Å². The normalized spacial score (nSPS) is 51.5. The lowest BCUT2D eigenvalue weighted by Crippen LogP contribution is -2.62. The average Bonchev–Trinajstić information content (AvgIpc) is 3.05. The molecular formula is C26H44O4. The van der Waals surface area contributed by atoms with Crippen molar-refractivity contribution in [3.05, 3.63) is 0 Å². The van der Waals surface area contributed by atoms with Crippen molar-refractivity contribution in [3.8, 4) is 0 Å². The van der Waals surface area contributed by atoms with Crippen molar-refractivity contribution in [2.24, 2.45) is 52.3 Å². The fourth-order valence-electron chi connectivity index (χ4n) is 9.48. The molecule has 0 aromatic carbocycles. The Morgan fingerprint density at radius 2 is 1.67 bits per heavy atom. The Morgan fingerprint density at radius 3 is 2.33 bits per heavy atom. The zero-order valence-corrected chi connectivity index (χ0v) is 19.5. The molecule has 4 fully saturated rings.